The molecule has 0 fully saturated rings. The number of aromatic amines is 1. The second kappa shape index (κ2) is 7.29. The molecule has 0 saturated heterocycles. The first-order valence-electron chi connectivity index (χ1n) is 8.50. The molecular weight excluding hydrogens is 376 g/mol. The molecule has 2 aromatic carbocycles. The van der Waals surface area contributed by atoms with Crippen molar-refractivity contribution in [3.8, 4) is 0 Å². The Hall–Kier alpha value is -3.43. The summed E-state index contributed by atoms with van der Waals surface area (Å²) in [5.41, 5.74) is 2.52. The highest BCUT2D eigenvalue weighted by Crippen LogP contribution is 2.23. The predicted octanol–water partition coefficient (Wildman–Crippen LogP) is 3.35. The van der Waals surface area contributed by atoms with Crippen LogP contribution in [0.15, 0.2) is 72.0 Å². The highest BCUT2D eigenvalue weighted by atomic mass is 32.2. The minimum atomic E-state index is -3.51. The average molecular weight is 394 g/mol. The maximum absolute atomic E-state index is 12.0. The minimum absolute atomic E-state index is 0.173. The number of fused-ring (bicyclic) bond motifs is 1. The van der Waals surface area contributed by atoms with Gasteiger partial charge in [0.2, 0.25) is 10.0 Å². The van der Waals surface area contributed by atoms with Crippen molar-refractivity contribution >= 4 is 43.9 Å². The summed E-state index contributed by atoms with van der Waals surface area (Å²) in [7, 11) is -2.14. The monoisotopic (exact) mass is 394 g/mol. The minimum Gasteiger partial charge on any atom is -0.361 e. The van der Waals surface area contributed by atoms with E-state index < -0.39 is 10.0 Å². The summed E-state index contributed by atoms with van der Waals surface area (Å²) < 4.78 is 26.2. The Morgan fingerprint density at radius 3 is 2.39 bits per heavy atom. The van der Waals surface area contributed by atoms with Gasteiger partial charge in [-0.2, -0.15) is 0 Å². The van der Waals surface area contributed by atoms with Gasteiger partial charge >= 0.3 is 0 Å². The summed E-state index contributed by atoms with van der Waals surface area (Å²) in [6, 6.07) is 16.2. The standard InChI is InChI=1S/C19H18N6O2S/c1-20-28(26,27)16-4-2-3-14(9-16)24-18-11-19(23-12-22-18)25-15-6-5-13-7-8-21-17(13)10-15/h2-12,20-21H,1H3,(H2,22,23,24,25). The van der Waals surface area contributed by atoms with Crippen LogP contribution in [0, 0.1) is 0 Å². The first kappa shape index (κ1) is 18.0. The van der Waals surface area contributed by atoms with Crippen molar-refractivity contribution in [1.29, 1.82) is 0 Å². The molecule has 9 heteroatoms. The van der Waals surface area contributed by atoms with Crippen molar-refractivity contribution in [2.75, 3.05) is 17.7 Å². The fourth-order valence-electron chi connectivity index (χ4n) is 2.77. The van der Waals surface area contributed by atoms with E-state index in [4.69, 9.17) is 0 Å². The topological polar surface area (TPSA) is 112 Å². The van der Waals surface area contributed by atoms with Crippen molar-refractivity contribution in [2.45, 2.75) is 4.90 Å². The molecule has 8 nitrogen and oxygen atoms in total. The van der Waals surface area contributed by atoms with Crippen LogP contribution in [0.3, 0.4) is 0 Å². The van der Waals surface area contributed by atoms with E-state index in [0.717, 1.165) is 16.6 Å². The number of hydrogen-bond acceptors (Lipinski definition) is 6. The van der Waals surface area contributed by atoms with Crippen LogP contribution in [0.4, 0.5) is 23.0 Å². The van der Waals surface area contributed by atoms with Crippen molar-refractivity contribution in [1.82, 2.24) is 19.7 Å². The Bertz CT molecular complexity index is 1240. The third-order valence-electron chi connectivity index (χ3n) is 4.18. The van der Waals surface area contributed by atoms with Gasteiger partial charge in [-0.25, -0.2) is 23.1 Å². The van der Waals surface area contributed by atoms with E-state index in [1.165, 1.54) is 19.4 Å². The number of nitrogens with zero attached hydrogens (tertiary/aromatic N) is 2. The molecule has 2 heterocycles. The number of rotatable bonds is 6. The molecule has 0 atom stereocenters. The van der Waals surface area contributed by atoms with Gasteiger partial charge in [0.25, 0.3) is 0 Å². The quantitative estimate of drug-likeness (QED) is 0.399. The molecule has 4 aromatic rings. The lowest BCUT2D eigenvalue weighted by atomic mass is 10.2. The second-order valence-corrected chi connectivity index (χ2v) is 7.94. The van der Waals surface area contributed by atoms with E-state index in [9.17, 15) is 8.42 Å². The average Bonchev–Trinajstić information content (AvgIpc) is 3.16. The van der Waals surface area contributed by atoms with Gasteiger partial charge in [-0.3, -0.25) is 0 Å². The Balaban J connectivity index is 1.55. The number of H-pyrrole nitrogens is 1. The van der Waals surface area contributed by atoms with Crippen LogP contribution in [0.2, 0.25) is 0 Å². The number of aromatic nitrogens is 3. The molecular formula is C19H18N6O2S. The van der Waals surface area contributed by atoms with Crippen LogP contribution in [0.1, 0.15) is 0 Å². The normalized spacial score (nSPS) is 11.5. The Kier molecular flexibility index (Phi) is 4.68. The Morgan fingerprint density at radius 2 is 1.64 bits per heavy atom. The summed E-state index contributed by atoms with van der Waals surface area (Å²) in [4.78, 5) is 11.8. The largest absolute Gasteiger partial charge is 0.361 e. The Labute approximate surface area is 162 Å². The molecule has 0 amide bonds. The molecule has 0 spiro atoms. The Morgan fingerprint density at radius 1 is 0.893 bits per heavy atom. The molecule has 0 aliphatic carbocycles. The summed E-state index contributed by atoms with van der Waals surface area (Å²) >= 11 is 0. The number of nitrogens with one attached hydrogen (secondary N) is 4. The molecule has 0 radical (unpaired) electrons. The summed E-state index contributed by atoms with van der Waals surface area (Å²) in [5, 5.41) is 7.47. The third-order valence-corrected chi connectivity index (χ3v) is 5.59. The zero-order chi connectivity index (χ0) is 19.6. The van der Waals surface area contributed by atoms with E-state index in [2.05, 4.69) is 30.3 Å². The summed E-state index contributed by atoms with van der Waals surface area (Å²) in [6.07, 6.45) is 3.33. The van der Waals surface area contributed by atoms with Gasteiger partial charge in [0.1, 0.15) is 18.0 Å². The van der Waals surface area contributed by atoms with Crippen LogP contribution in [0.5, 0.6) is 0 Å². The number of anilines is 4. The van der Waals surface area contributed by atoms with Crippen LogP contribution in [-0.2, 0) is 10.0 Å². The molecule has 0 aliphatic heterocycles. The summed E-state index contributed by atoms with van der Waals surface area (Å²) in [5.74, 6) is 1.15. The van der Waals surface area contributed by atoms with Crippen LogP contribution in [0.25, 0.3) is 10.9 Å². The van der Waals surface area contributed by atoms with Gasteiger partial charge in [-0.1, -0.05) is 12.1 Å². The highest BCUT2D eigenvalue weighted by Gasteiger charge is 2.11. The molecule has 0 saturated carbocycles. The van der Waals surface area contributed by atoms with Crippen molar-refractivity contribution in [3.63, 3.8) is 0 Å². The van der Waals surface area contributed by atoms with Crippen LogP contribution < -0.4 is 15.4 Å². The van der Waals surface area contributed by atoms with Gasteiger partial charge < -0.3 is 15.6 Å². The van der Waals surface area contributed by atoms with Gasteiger partial charge in [-0.05, 0) is 48.8 Å². The van der Waals surface area contributed by atoms with Crippen molar-refractivity contribution in [2.24, 2.45) is 0 Å². The van der Waals surface area contributed by atoms with E-state index in [1.807, 2.05) is 30.5 Å². The number of sulfonamides is 1. The van der Waals surface area contributed by atoms with E-state index in [0.29, 0.717) is 17.3 Å². The first-order chi connectivity index (χ1) is 13.5. The summed E-state index contributed by atoms with van der Waals surface area (Å²) in [6.45, 7) is 0. The molecule has 4 rings (SSSR count). The van der Waals surface area contributed by atoms with Crippen molar-refractivity contribution in [3.05, 3.63) is 67.1 Å². The fourth-order valence-corrected chi connectivity index (χ4v) is 3.55. The first-order valence-corrected chi connectivity index (χ1v) is 9.99. The smallest absolute Gasteiger partial charge is 0.240 e. The molecule has 0 aliphatic rings. The van der Waals surface area contributed by atoms with Crippen LogP contribution >= 0.6 is 0 Å². The molecule has 2 aromatic heterocycles. The molecule has 0 unspecified atom stereocenters. The lowest BCUT2D eigenvalue weighted by Crippen LogP contribution is -2.18. The van der Waals surface area contributed by atoms with Gasteiger partial charge in [0, 0.05) is 29.2 Å². The number of hydrogen-bond donors (Lipinski definition) is 4. The third kappa shape index (κ3) is 3.80. The molecule has 4 N–H and O–H groups in total. The van der Waals surface area contributed by atoms with Gasteiger partial charge in [-0.15, -0.1) is 0 Å². The molecule has 28 heavy (non-hydrogen) atoms. The molecule has 0 bridgehead atoms. The lowest BCUT2D eigenvalue weighted by Gasteiger charge is -2.10. The second-order valence-electron chi connectivity index (χ2n) is 6.05. The number of benzene rings is 2. The van der Waals surface area contributed by atoms with E-state index >= 15 is 0 Å². The maximum Gasteiger partial charge on any atom is 0.240 e. The van der Waals surface area contributed by atoms with Crippen LogP contribution in [-0.4, -0.2) is 30.4 Å². The fraction of sp³-hybridized carbons (Fsp3) is 0.0526. The molecule has 142 valence electrons. The predicted molar refractivity (Wildman–Crippen MR) is 110 cm³/mol. The van der Waals surface area contributed by atoms with E-state index in [1.54, 1.807) is 24.3 Å². The van der Waals surface area contributed by atoms with Gasteiger partial charge in [0.05, 0.1) is 4.90 Å². The van der Waals surface area contributed by atoms with E-state index in [-0.39, 0.29) is 4.90 Å². The highest BCUT2D eigenvalue weighted by molar-refractivity contribution is 7.89. The zero-order valence-electron chi connectivity index (χ0n) is 15.0. The SMILES string of the molecule is CNS(=O)(=O)c1cccc(Nc2cc(Nc3ccc4cc[nH]c4c3)ncn2)c1. The lowest BCUT2D eigenvalue weighted by molar-refractivity contribution is 0.588. The zero-order valence-corrected chi connectivity index (χ0v) is 15.8. The van der Waals surface area contributed by atoms with Crippen molar-refractivity contribution < 1.29 is 8.42 Å². The van der Waals surface area contributed by atoms with Gasteiger partial charge in [0.15, 0.2) is 0 Å². The maximum atomic E-state index is 12.0.